The molecule has 0 aliphatic rings. The number of anilines is 2. The van der Waals surface area contributed by atoms with E-state index in [0.29, 0.717) is 23.3 Å². The first-order valence-corrected chi connectivity index (χ1v) is 12.6. The van der Waals surface area contributed by atoms with Crippen molar-refractivity contribution in [1.29, 1.82) is 5.26 Å². The molecule has 1 heterocycles. The first-order chi connectivity index (χ1) is 17.5. The van der Waals surface area contributed by atoms with Crippen LogP contribution in [0.5, 0.6) is 0 Å². The van der Waals surface area contributed by atoms with Gasteiger partial charge < -0.3 is 10.4 Å². The minimum atomic E-state index is -3.78. The van der Waals surface area contributed by atoms with E-state index in [4.69, 9.17) is 5.26 Å². The van der Waals surface area contributed by atoms with E-state index in [1.165, 1.54) is 0 Å². The van der Waals surface area contributed by atoms with E-state index < -0.39 is 10.0 Å². The molecule has 0 unspecified atom stereocenters. The van der Waals surface area contributed by atoms with Gasteiger partial charge in [0.25, 0.3) is 10.0 Å². The van der Waals surface area contributed by atoms with Crippen LogP contribution >= 0.6 is 17.0 Å². The van der Waals surface area contributed by atoms with Crippen molar-refractivity contribution in [2.45, 2.75) is 18.0 Å². The highest BCUT2D eigenvalue weighted by molar-refractivity contribution is 8.93. The number of pyridine rings is 1. The van der Waals surface area contributed by atoms with Gasteiger partial charge >= 0.3 is 0 Å². The molecule has 0 atom stereocenters. The summed E-state index contributed by atoms with van der Waals surface area (Å²) in [5.74, 6) is 0.264. The number of hydrogen-bond donors (Lipinski definition) is 3. The van der Waals surface area contributed by atoms with Crippen molar-refractivity contribution in [3.63, 3.8) is 0 Å². The van der Waals surface area contributed by atoms with E-state index in [1.807, 2.05) is 30.5 Å². The van der Waals surface area contributed by atoms with Crippen LogP contribution < -0.4 is 25.0 Å². The Morgan fingerprint density at radius 2 is 1.65 bits per heavy atom. The van der Waals surface area contributed by atoms with Crippen LogP contribution in [-0.2, 0) is 23.1 Å². The highest BCUT2D eigenvalue weighted by Gasteiger charge is 2.17. The van der Waals surface area contributed by atoms with Gasteiger partial charge in [-0.15, -0.1) is 17.0 Å². The van der Waals surface area contributed by atoms with Gasteiger partial charge in [0.1, 0.15) is 6.54 Å². The zero-order valence-corrected chi connectivity index (χ0v) is 22.2. The Balaban J connectivity index is 0.00000380. The van der Waals surface area contributed by atoms with Crippen LogP contribution in [0.4, 0.5) is 11.4 Å². The Hall–Kier alpha value is -3.98. The van der Waals surface area contributed by atoms with Crippen LogP contribution in [0.15, 0.2) is 101 Å². The number of hydrogen-bond acceptors (Lipinski definition) is 5. The number of nitriles is 1. The highest BCUT2D eigenvalue weighted by Crippen LogP contribution is 2.25. The summed E-state index contributed by atoms with van der Waals surface area (Å²) < 4.78 is 30.4. The minimum absolute atomic E-state index is 0. The van der Waals surface area contributed by atoms with Gasteiger partial charge in [-0.25, -0.2) is 18.0 Å². The maximum absolute atomic E-state index is 13.0. The Kier molecular flexibility index (Phi) is 9.57. The molecule has 0 spiro atoms. The van der Waals surface area contributed by atoms with Crippen molar-refractivity contribution in [2.75, 3.05) is 16.6 Å². The van der Waals surface area contributed by atoms with Crippen molar-refractivity contribution in [1.82, 2.24) is 5.32 Å². The summed E-state index contributed by atoms with van der Waals surface area (Å²) in [4.78, 5) is 4.62. The lowest BCUT2D eigenvalue weighted by Crippen LogP contribution is -2.37. The van der Waals surface area contributed by atoms with Gasteiger partial charge in [0, 0.05) is 23.2 Å². The van der Waals surface area contributed by atoms with Crippen LogP contribution in [0.1, 0.15) is 5.56 Å². The Bertz CT molecular complexity index is 1510. The average molecular weight is 581 g/mol. The molecule has 0 aliphatic carbocycles. The zero-order valence-electron chi connectivity index (χ0n) is 19.7. The van der Waals surface area contributed by atoms with Gasteiger partial charge in [0.15, 0.2) is 18.6 Å². The second-order valence-corrected chi connectivity index (χ2v) is 9.49. The van der Waals surface area contributed by atoms with Gasteiger partial charge in [-0.1, -0.05) is 55.1 Å². The molecular formula is C26H25BrN6O3S. The quantitative estimate of drug-likeness (QED) is 0.0964. The van der Waals surface area contributed by atoms with Crippen LogP contribution in [-0.4, -0.2) is 21.0 Å². The summed E-state index contributed by atoms with van der Waals surface area (Å²) in [6.45, 7) is 0.436. The Morgan fingerprint density at radius 3 is 2.35 bits per heavy atom. The third-order valence-corrected chi connectivity index (χ3v) is 6.78. The maximum Gasteiger partial charge on any atom is 0.262 e. The standard InChI is InChI=1S/C26H23N6O3S.BrH/c27-19-29-26(30-22-12-14-32(15-13-22)16-17-33)28-18-20-8-10-23(11-9-20)31-36(34,35)25-7-3-5-21-4-1-2-6-24(21)25;/h1-15,31H,16-18H2,(H,28,29);1H/q-1;/p+1. The smallest absolute Gasteiger partial charge is 0.262 e. The summed E-state index contributed by atoms with van der Waals surface area (Å²) in [5.41, 5.74) is 1.96. The predicted octanol–water partition coefficient (Wildman–Crippen LogP) is 2.91. The fourth-order valence-corrected chi connectivity index (χ4v) is 4.87. The van der Waals surface area contributed by atoms with Crippen molar-refractivity contribution in [3.05, 3.63) is 96.8 Å². The Morgan fingerprint density at radius 1 is 0.946 bits per heavy atom. The summed E-state index contributed by atoms with van der Waals surface area (Å²) in [7, 11) is -3.78. The van der Waals surface area contributed by atoms with Crippen molar-refractivity contribution < 1.29 is 18.1 Å². The highest BCUT2D eigenvalue weighted by atomic mass is 79.9. The molecule has 3 N–H and O–H groups in total. The summed E-state index contributed by atoms with van der Waals surface area (Å²) >= 11 is 0. The molecule has 1 aromatic heterocycles. The molecule has 3 aromatic carbocycles. The van der Waals surface area contributed by atoms with Crippen molar-refractivity contribution >= 4 is 55.1 Å². The summed E-state index contributed by atoms with van der Waals surface area (Å²) in [6.07, 6.45) is 5.38. The van der Waals surface area contributed by atoms with Gasteiger partial charge in [-0.05, 0) is 29.1 Å². The van der Waals surface area contributed by atoms with E-state index >= 15 is 0 Å². The molecule has 0 bridgehead atoms. The van der Waals surface area contributed by atoms with Gasteiger partial charge in [-0.2, -0.15) is 5.26 Å². The molecule has 11 heteroatoms. The number of nitrogens with one attached hydrogen (secondary N) is 3. The van der Waals surface area contributed by atoms with E-state index in [0.717, 1.165) is 10.9 Å². The summed E-state index contributed by atoms with van der Waals surface area (Å²) in [6, 6.07) is 22.9. The van der Waals surface area contributed by atoms with Crippen molar-refractivity contribution in [2.24, 2.45) is 4.99 Å². The van der Waals surface area contributed by atoms with Crippen molar-refractivity contribution in [3.8, 4) is 6.19 Å². The van der Waals surface area contributed by atoms with Crippen LogP contribution in [0.2, 0.25) is 0 Å². The molecule has 0 amide bonds. The average Bonchev–Trinajstić information content (AvgIpc) is 2.89. The summed E-state index contributed by atoms with van der Waals surface area (Å²) in [5, 5.41) is 26.8. The number of aliphatic imine (C=N–C) groups is 1. The molecule has 0 saturated heterocycles. The largest absolute Gasteiger partial charge is 0.850 e. The fourth-order valence-electron chi connectivity index (χ4n) is 3.58. The second-order valence-electron chi connectivity index (χ2n) is 7.84. The minimum Gasteiger partial charge on any atom is -0.850 e. The first kappa shape index (κ1) is 27.6. The molecule has 4 rings (SSSR count). The monoisotopic (exact) mass is 580 g/mol. The van der Waals surface area contributed by atoms with E-state index in [2.05, 4.69) is 20.3 Å². The predicted molar refractivity (Wildman–Crippen MR) is 147 cm³/mol. The molecule has 0 saturated carbocycles. The lowest BCUT2D eigenvalue weighted by Gasteiger charge is -2.11. The molecule has 0 aliphatic heterocycles. The van der Waals surface area contributed by atoms with Crippen LogP contribution in [0.25, 0.3) is 10.8 Å². The van der Waals surface area contributed by atoms with E-state index in [9.17, 15) is 13.5 Å². The number of benzene rings is 3. The Labute approximate surface area is 225 Å². The topological polar surface area (TPSA) is 133 Å². The molecule has 0 radical (unpaired) electrons. The number of rotatable bonds is 8. The third kappa shape index (κ3) is 7.27. The zero-order chi connectivity index (χ0) is 25.4. The van der Waals surface area contributed by atoms with E-state index in [1.54, 1.807) is 71.6 Å². The molecule has 9 nitrogen and oxygen atoms in total. The normalized spacial score (nSPS) is 11.3. The molecule has 37 heavy (non-hydrogen) atoms. The molecule has 190 valence electrons. The van der Waals surface area contributed by atoms with Gasteiger partial charge in [0.2, 0.25) is 5.96 Å². The number of aromatic nitrogens is 1. The first-order valence-electron chi connectivity index (χ1n) is 11.1. The SMILES string of the molecule is Br.N#CNC(=NCc1ccc(NS(=O)(=O)c2cccc3ccccc23)cc1)Nc1cc[n+](CC[O-])cc1. The number of nitrogens with zero attached hydrogens (tertiary/aromatic N) is 3. The number of guanidine groups is 1. The molecule has 0 fully saturated rings. The van der Waals surface area contributed by atoms with Gasteiger partial charge in [-0.3, -0.25) is 10.0 Å². The third-order valence-electron chi connectivity index (χ3n) is 5.34. The van der Waals surface area contributed by atoms with Gasteiger partial charge in [0.05, 0.1) is 17.1 Å². The molecular weight excluding hydrogens is 556 g/mol. The second kappa shape index (κ2) is 12.8. The lowest BCUT2D eigenvalue weighted by atomic mass is 10.1. The maximum atomic E-state index is 13.0. The number of halogens is 1. The number of sulfonamides is 1. The lowest BCUT2D eigenvalue weighted by molar-refractivity contribution is -0.711. The van der Waals surface area contributed by atoms with E-state index in [-0.39, 0.29) is 41.0 Å². The number of fused-ring (bicyclic) bond motifs is 1. The molecule has 4 aromatic rings. The fraction of sp³-hybridized carbons (Fsp3) is 0.115. The van der Waals surface area contributed by atoms with Crippen LogP contribution in [0, 0.1) is 11.5 Å². The van der Waals surface area contributed by atoms with Crippen LogP contribution in [0.3, 0.4) is 0 Å².